The van der Waals surface area contributed by atoms with Crippen molar-refractivity contribution in [3.05, 3.63) is 96.8 Å². The number of hydrogen-bond donors (Lipinski definition) is 0. The van der Waals surface area contributed by atoms with Gasteiger partial charge in [-0.15, -0.1) is 0 Å². The molecule has 1 fully saturated rings. The minimum Gasteiger partial charge on any atom is -0.497 e. The van der Waals surface area contributed by atoms with Crippen LogP contribution in [0.15, 0.2) is 91.0 Å². The van der Waals surface area contributed by atoms with E-state index in [1.807, 2.05) is 71.6 Å². The zero-order valence-corrected chi connectivity index (χ0v) is 20.8. The fraction of sp³-hybridized carbons (Fsp3) is 0.226. The van der Waals surface area contributed by atoms with Crippen molar-refractivity contribution in [2.24, 2.45) is 0 Å². The van der Waals surface area contributed by atoms with Gasteiger partial charge in [-0.2, -0.15) is 0 Å². The Hall–Kier alpha value is -4.32. The summed E-state index contributed by atoms with van der Waals surface area (Å²) in [4.78, 5) is 19.9. The monoisotopic (exact) mass is 491 g/mol. The highest BCUT2D eigenvalue weighted by Crippen LogP contribution is 2.34. The van der Waals surface area contributed by atoms with Gasteiger partial charge in [0.2, 0.25) is 5.91 Å². The number of anilines is 1. The maximum atomic E-state index is 13.0. The highest BCUT2D eigenvalue weighted by molar-refractivity contribution is 5.96. The van der Waals surface area contributed by atoms with Gasteiger partial charge in [-0.3, -0.25) is 4.79 Å². The molecule has 0 spiro atoms. The SMILES string of the molecule is COc1cccc(N2CC(c3nc4ccccc4n3CCCOc3cccc4ccccc34)CC2=O)c1. The first-order valence-corrected chi connectivity index (χ1v) is 12.7. The molecule has 1 saturated heterocycles. The quantitative estimate of drug-likeness (QED) is 0.243. The highest BCUT2D eigenvalue weighted by atomic mass is 16.5. The summed E-state index contributed by atoms with van der Waals surface area (Å²) in [6.45, 7) is 1.96. The Labute approximate surface area is 216 Å². The molecular weight excluding hydrogens is 462 g/mol. The highest BCUT2D eigenvalue weighted by Gasteiger charge is 2.35. The third-order valence-corrected chi connectivity index (χ3v) is 7.07. The van der Waals surface area contributed by atoms with Gasteiger partial charge < -0.3 is 18.9 Å². The van der Waals surface area contributed by atoms with Gasteiger partial charge in [0.25, 0.3) is 0 Å². The van der Waals surface area contributed by atoms with E-state index in [-0.39, 0.29) is 11.8 Å². The summed E-state index contributed by atoms with van der Waals surface area (Å²) in [5, 5.41) is 2.30. The molecule has 4 aromatic carbocycles. The first-order chi connectivity index (χ1) is 18.2. The Morgan fingerprint density at radius 3 is 2.68 bits per heavy atom. The van der Waals surface area contributed by atoms with Gasteiger partial charge in [0.1, 0.15) is 17.3 Å². The summed E-state index contributed by atoms with van der Waals surface area (Å²) in [5.74, 6) is 2.74. The van der Waals surface area contributed by atoms with Gasteiger partial charge in [0, 0.05) is 42.6 Å². The number of benzene rings is 4. The molecule has 2 heterocycles. The standard InChI is InChI=1S/C31H29N3O3/c1-36-25-12-7-11-24(20-25)34-21-23(19-30(34)35)31-32-27-14-4-5-15-28(27)33(31)17-8-18-37-29-16-6-10-22-9-2-3-13-26(22)29/h2-7,9-16,20,23H,8,17-19,21H2,1H3. The number of hydrogen-bond acceptors (Lipinski definition) is 4. The van der Waals surface area contributed by atoms with E-state index in [1.165, 1.54) is 5.39 Å². The van der Waals surface area contributed by atoms with Crippen molar-refractivity contribution in [3.8, 4) is 11.5 Å². The van der Waals surface area contributed by atoms with E-state index in [1.54, 1.807) is 7.11 Å². The summed E-state index contributed by atoms with van der Waals surface area (Å²) < 4.78 is 13.8. The molecule has 1 aliphatic heterocycles. The summed E-state index contributed by atoms with van der Waals surface area (Å²) >= 11 is 0. The number of ether oxygens (including phenoxy) is 2. The van der Waals surface area contributed by atoms with Crippen molar-refractivity contribution in [1.82, 2.24) is 9.55 Å². The number of amides is 1. The summed E-state index contributed by atoms with van der Waals surface area (Å²) in [6, 6.07) is 30.3. The average Bonchev–Trinajstić information content (AvgIpc) is 3.51. The van der Waals surface area contributed by atoms with Crippen molar-refractivity contribution in [2.75, 3.05) is 25.2 Å². The Morgan fingerprint density at radius 1 is 0.946 bits per heavy atom. The second-order valence-corrected chi connectivity index (χ2v) is 9.40. The Bertz CT molecular complexity index is 1570. The molecule has 1 atom stereocenters. The Kier molecular flexibility index (Phi) is 6.23. The molecule has 0 bridgehead atoms. The van der Waals surface area contributed by atoms with Crippen LogP contribution in [0.25, 0.3) is 21.8 Å². The van der Waals surface area contributed by atoms with Crippen LogP contribution >= 0.6 is 0 Å². The summed E-state index contributed by atoms with van der Waals surface area (Å²) in [6.07, 6.45) is 1.27. The lowest BCUT2D eigenvalue weighted by atomic mass is 10.1. The lowest BCUT2D eigenvalue weighted by Gasteiger charge is -2.18. The second kappa shape index (κ2) is 9.97. The molecular formula is C31H29N3O3. The van der Waals surface area contributed by atoms with Crippen LogP contribution in [-0.2, 0) is 11.3 Å². The number of methoxy groups -OCH3 is 1. The minimum atomic E-state index is 0.0186. The van der Waals surface area contributed by atoms with Crippen LogP contribution in [0.4, 0.5) is 5.69 Å². The van der Waals surface area contributed by atoms with Gasteiger partial charge in [-0.1, -0.05) is 54.6 Å². The van der Waals surface area contributed by atoms with E-state index in [9.17, 15) is 4.79 Å². The topological polar surface area (TPSA) is 56.6 Å². The second-order valence-electron chi connectivity index (χ2n) is 9.40. The van der Waals surface area contributed by atoms with Crippen LogP contribution in [0.3, 0.4) is 0 Å². The molecule has 6 nitrogen and oxygen atoms in total. The van der Waals surface area contributed by atoms with E-state index in [4.69, 9.17) is 14.5 Å². The van der Waals surface area contributed by atoms with E-state index in [0.29, 0.717) is 19.6 Å². The van der Waals surface area contributed by atoms with E-state index in [0.717, 1.165) is 52.4 Å². The summed E-state index contributed by atoms with van der Waals surface area (Å²) in [5.41, 5.74) is 2.91. The zero-order chi connectivity index (χ0) is 25.2. The predicted octanol–water partition coefficient (Wildman–Crippen LogP) is 6.19. The number of carbonyl (C=O) groups excluding carboxylic acids is 1. The van der Waals surface area contributed by atoms with Crippen molar-refractivity contribution in [2.45, 2.75) is 25.3 Å². The van der Waals surface area contributed by atoms with Gasteiger partial charge in [0.15, 0.2) is 0 Å². The molecule has 0 aliphatic carbocycles. The molecule has 186 valence electrons. The van der Waals surface area contributed by atoms with Crippen molar-refractivity contribution in [1.29, 1.82) is 0 Å². The molecule has 1 amide bonds. The number of aromatic nitrogens is 2. The number of fused-ring (bicyclic) bond motifs is 2. The fourth-order valence-corrected chi connectivity index (χ4v) is 5.28. The first-order valence-electron chi connectivity index (χ1n) is 12.7. The van der Waals surface area contributed by atoms with Crippen LogP contribution in [0.2, 0.25) is 0 Å². The molecule has 5 aromatic rings. The van der Waals surface area contributed by atoms with Crippen molar-refractivity contribution >= 4 is 33.4 Å². The average molecular weight is 492 g/mol. The largest absolute Gasteiger partial charge is 0.497 e. The number of aryl methyl sites for hydroxylation is 1. The van der Waals surface area contributed by atoms with Gasteiger partial charge >= 0.3 is 0 Å². The van der Waals surface area contributed by atoms with E-state index >= 15 is 0 Å². The van der Waals surface area contributed by atoms with Crippen molar-refractivity contribution < 1.29 is 14.3 Å². The number of imidazole rings is 1. The molecule has 0 saturated carbocycles. The van der Waals surface area contributed by atoms with Gasteiger partial charge in [-0.25, -0.2) is 4.98 Å². The number of rotatable bonds is 8. The molecule has 37 heavy (non-hydrogen) atoms. The minimum absolute atomic E-state index is 0.0186. The number of carbonyl (C=O) groups is 1. The number of nitrogens with zero attached hydrogens (tertiary/aromatic N) is 3. The molecule has 6 heteroatoms. The third-order valence-electron chi connectivity index (χ3n) is 7.07. The summed E-state index contributed by atoms with van der Waals surface area (Å²) in [7, 11) is 1.64. The van der Waals surface area contributed by atoms with Gasteiger partial charge in [0.05, 0.1) is 24.8 Å². The smallest absolute Gasteiger partial charge is 0.227 e. The molecule has 0 radical (unpaired) electrons. The Morgan fingerprint density at radius 2 is 1.76 bits per heavy atom. The molecule has 1 aromatic heterocycles. The predicted molar refractivity (Wildman–Crippen MR) is 146 cm³/mol. The van der Waals surface area contributed by atoms with Crippen LogP contribution in [0.1, 0.15) is 24.6 Å². The van der Waals surface area contributed by atoms with Crippen LogP contribution in [-0.4, -0.2) is 35.7 Å². The normalized spacial score (nSPS) is 15.5. The van der Waals surface area contributed by atoms with E-state index in [2.05, 4.69) is 28.8 Å². The van der Waals surface area contributed by atoms with Crippen LogP contribution in [0.5, 0.6) is 11.5 Å². The molecule has 6 rings (SSSR count). The Balaban J connectivity index is 1.21. The van der Waals surface area contributed by atoms with Crippen LogP contribution < -0.4 is 14.4 Å². The van der Waals surface area contributed by atoms with Crippen LogP contribution in [0, 0.1) is 0 Å². The zero-order valence-electron chi connectivity index (χ0n) is 20.8. The molecule has 1 unspecified atom stereocenters. The molecule has 1 aliphatic rings. The number of para-hydroxylation sites is 2. The fourth-order valence-electron chi connectivity index (χ4n) is 5.28. The molecule has 0 N–H and O–H groups in total. The maximum Gasteiger partial charge on any atom is 0.227 e. The first kappa shape index (κ1) is 23.1. The maximum absolute atomic E-state index is 13.0. The lowest BCUT2D eigenvalue weighted by Crippen LogP contribution is -2.24. The third kappa shape index (κ3) is 4.51. The van der Waals surface area contributed by atoms with Crippen molar-refractivity contribution in [3.63, 3.8) is 0 Å². The van der Waals surface area contributed by atoms with Gasteiger partial charge in [-0.05, 0) is 42.1 Å². The van der Waals surface area contributed by atoms with E-state index < -0.39 is 0 Å². The lowest BCUT2D eigenvalue weighted by molar-refractivity contribution is -0.117.